The lowest BCUT2D eigenvalue weighted by atomic mass is 10.2. The van der Waals surface area contributed by atoms with Crippen LogP contribution in [0.5, 0.6) is 0 Å². The number of carbonyl (C=O) groups is 1. The molecule has 19 heavy (non-hydrogen) atoms. The van der Waals surface area contributed by atoms with Crippen LogP contribution in [-0.2, 0) is 0 Å². The van der Waals surface area contributed by atoms with Gasteiger partial charge in [0.25, 0.3) is 0 Å². The predicted molar refractivity (Wildman–Crippen MR) is 66.9 cm³/mol. The van der Waals surface area contributed by atoms with E-state index in [0.717, 1.165) is 0 Å². The molecule has 0 aliphatic heterocycles. The summed E-state index contributed by atoms with van der Waals surface area (Å²) in [5, 5.41) is 8.88. The van der Waals surface area contributed by atoms with Crippen molar-refractivity contribution < 1.29 is 9.90 Å². The normalized spacial score (nSPS) is 10.7. The quantitative estimate of drug-likeness (QED) is 0.633. The fourth-order valence-corrected chi connectivity index (χ4v) is 1.75. The van der Waals surface area contributed by atoms with Crippen molar-refractivity contribution in [2.45, 2.75) is 0 Å². The Bertz CT molecular complexity index is 834. The summed E-state index contributed by atoms with van der Waals surface area (Å²) >= 11 is 0. The molecule has 3 aromatic rings. The smallest absolute Gasteiger partial charge is 0.337 e. The molecule has 94 valence electrons. The number of carboxylic acid groups (broad SMARTS) is 1. The van der Waals surface area contributed by atoms with Crippen molar-refractivity contribution in [2.24, 2.45) is 0 Å². The minimum absolute atomic E-state index is 0.0774. The molecule has 0 aromatic carbocycles. The molecule has 3 rings (SSSR count). The van der Waals surface area contributed by atoms with Gasteiger partial charge in [0.1, 0.15) is 5.82 Å². The Balaban J connectivity index is 2.16. The van der Waals surface area contributed by atoms with Crippen molar-refractivity contribution in [1.82, 2.24) is 19.9 Å². The van der Waals surface area contributed by atoms with Gasteiger partial charge in [-0.05, 0) is 12.1 Å². The van der Waals surface area contributed by atoms with Crippen LogP contribution in [0.1, 0.15) is 10.4 Å². The van der Waals surface area contributed by atoms with Crippen molar-refractivity contribution in [3.8, 4) is 11.4 Å². The van der Waals surface area contributed by atoms with E-state index in [1.807, 2.05) is 0 Å². The van der Waals surface area contributed by atoms with Crippen LogP contribution in [0, 0.1) is 0 Å². The van der Waals surface area contributed by atoms with Gasteiger partial charge >= 0.3 is 5.97 Å². The Morgan fingerprint density at radius 1 is 1.32 bits per heavy atom. The van der Waals surface area contributed by atoms with Gasteiger partial charge in [-0.25, -0.2) is 14.8 Å². The van der Waals surface area contributed by atoms with Gasteiger partial charge in [-0.2, -0.15) is 0 Å². The summed E-state index contributed by atoms with van der Waals surface area (Å²) in [7, 11) is 0. The topological polar surface area (TPSA) is 112 Å². The molecule has 0 amide bonds. The molecule has 0 radical (unpaired) electrons. The fraction of sp³-hybridized carbons (Fsp3) is 0. The van der Waals surface area contributed by atoms with Gasteiger partial charge in [-0.1, -0.05) is 0 Å². The minimum Gasteiger partial charge on any atom is -0.478 e. The molecule has 0 fully saturated rings. The summed E-state index contributed by atoms with van der Waals surface area (Å²) in [6, 6.07) is 4.54. The van der Waals surface area contributed by atoms with Crippen molar-refractivity contribution >= 4 is 17.1 Å². The van der Waals surface area contributed by atoms with Gasteiger partial charge in [0.2, 0.25) is 5.56 Å². The molecule has 7 nitrogen and oxygen atoms in total. The lowest BCUT2D eigenvalue weighted by Crippen LogP contribution is -2.02. The van der Waals surface area contributed by atoms with Crippen LogP contribution in [-0.4, -0.2) is 31.0 Å². The average Bonchev–Trinajstić information content (AvgIpc) is 2.81. The van der Waals surface area contributed by atoms with Gasteiger partial charge in [0.15, 0.2) is 5.65 Å². The summed E-state index contributed by atoms with van der Waals surface area (Å²) in [4.78, 5) is 35.7. The minimum atomic E-state index is -1.05. The maximum atomic E-state index is 11.2. The van der Waals surface area contributed by atoms with Crippen LogP contribution in [0.4, 0.5) is 0 Å². The number of aromatic carboxylic acids is 1. The molecule has 0 aliphatic rings. The first kappa shape index (κ1) is 11.1. The Hall–Kier alpha value is -2.96. The molecule has 0 unspecified atom stereocenters. The van der Waals surface area contributed by atoms with Gasteiger partial charge in [-0.15, -0.1) is 0 Å². The Labute approximate surface area is 106 Å². The summed E-state index contributed by atoms with van der Waals surface area (Å²) < 4.78 is 0. The van der Waals surface area contributed by atoms with Crippen LogP contribution >= 0.6 is 0 Å². The second-order valence-corrected chi connectivity index (χ2v) is 3.93. The molecule has 0 bridgehead atoms. The average molecular weight is 256 g/mol. The zero-order valence-electron chi connectivity index (χ0n) is 9.54. The summed E-state index contributed by atoms with van der Waals surface area (Å²) in [6.45, 7) is 0. The van der Waals surface area contributed by atoms with Gasteiger partial charge < -0.3 is 15.1 Å². The number of aromatic nitrogens is 4. The number of nitrogens with one attached hydrogen (secondary N) is 2. The maximum Gasteiger partial charge on any atom is 0.337 e. The standard InChI is InChI=1S/C12H8N4O3/c17-9-4-6(1-2-13-9)10-15-8-3-7(12(18)19)5-14-11(8)16-10/h1-5H,(H,13,17)(H,18,19)(H,14,15,16). The summed E-state index contributed by atoms with van der Waals surface area (Å²) in [5.74, 6) is -0.585. The highest BCUT2D eigenvalue weighted by atomic mass is 16.4. The van der Waals surface area contributed by atoms with E-state index in [9.17, 15) is 9.59 Å². The van der Waals surface area contributed by atoms with E-state index in [2.05, 4.69) is 19.9 Å². The van der Waals surface area contributed by atoms with Crippen LogP contribution < -0.4 is 5.56 Å². The first-order valence-corrected chi connectivity index (χ1v) is 5.41. The number of hydrogen-bond donors (Lipinski definition) is 3. The van der Waals surface area contributed by atoms with E-state index >= 15 is 0 Å². The van der Waals surface area contributed by atoms with Crippen LogP contribution in [0.3, 0.4) is 0 Å². The number of rotatable bonds is 2. The van der Waals surface area contributed by atoms with Gasteiger partial charge in [-0.3, -0.25) is 4.79 Å². The lowest BCUT2D eigenvalue weighted by Gasteiger charge is -1.93. The SMILES string of the molecule is O=C(O)c1cnc2nc(-c3cc[nH]c(=O)c3)[nH]c2c1. The Morgan fingerprint density at radius 3 is 2.89 bits per heavy atom. The third-order valence-electron chi connectivity index (χ3n) is 2.63. The molecule has 0 saturated carbocycles. The second-order valence-electron chi connectivity index (χ2n) is 3.93. The summed E-state index contributed by atoms with van der Waals surface area (Å²) in [6.07, 6.45) is 2.76. The summed E-state index contributed by atoms with van der Waals surface area (Å²) in [5.41, 5.74) is 1.36. The fourth-order valence-electron chi connectivity index (χ4n) is 1.75. The van der Waals surface area contributed by atoms with E-state index in [0.29, 0.717) is 22.6 Å². The van der Waals surface area contributed by atoms with E-state index in [1.165, 1.54) is 24.5 Å². The van der Waals surface area contributed by atoms with E-state index in [-0.39, 0.29) is 11.1 Å². The highest BCUT2D eigenvalue weighted by Gasteiger charge is 2.10. The molecular weight excluding hydrogens is 248 g/mol. The zero-order valence-corrected chi connectivity index (χ0v) is 9.54. The van der Waals surface area contributed by atoms with Crippen molar-refractivity contribution in [3.63, 3.8) is 0 Å². The Kier molecular flexibility index (Phi) is 2.38. The molecule has 0 atom stereocenters. The van der Waals surface area contributed by atoms with E-state index in [1.54, 1.807) is 6.07 Å². The first-order chi connectivity index (χ1) is 9.13. The van der Waals surface area contributed by atoms with Gasteiger partial charge in [0, 0.05) is 24.0 Å². The predicted octanol–water partition coefficient (Wildman–Crippen LogP) is 1.01. The molecule has 7 heteroatoms. The van der Waals surface area contributed by atoms with Crippen molar-refractivity contribution in [3.05, 3.63) is 46.5 Å². The molecule has 0 spiro atoms. The number of nitrogens with zero attached hydrogens (tertiary/aromatic N) is 2. The van der Waals surface area contributed by atoms with E-state index in [4.69, 9.17) is 5.11 Å². The monoisotopic (exact) mass is 256 g/mol. The number of imidazole rings is 1. The van der Waals surface area contributed by atoms with Crippen molar-refractivity contribution in [1.29, 1.82) is 0 Å². The van der Waals surface area contributed by atoms with E-state index < -0.39 is 5.97 Å². The molecule has 3 aromatic heterocycles. The van der Waals surface area contributed by atoms with Crippen LogP contribution in [0.2, 0.25) is 0 Å². The molecular formula is C12H8N4O3. The number of aromatic amines is 2. The highest BCUT2D eigenvalue weighted by molar-refractivity contribution is 5.91. The number of H-pyrrole nitrogens is 2. The third-order valence-corrected chi connectivity index (χ3v) is 2.63. The maximum absolute atomic E-state index is 11.2. The largest absolute Gasteiger partial charge is 0.478 e. The number of pyridine rings is 2. The zero-order chi connectivity index (χ0) is 13.4. The van der Waals surface area contributed by atoms with Crippen LogP contribution in [0.15, 0.2) is 35.4 Å². The molecule has 3 N–H and O–H groups in total. The van der Waals surface area contributed by atoms with Gasteiger partial charge in [0.05, 0.1) is 11.1 Å². The van der Waals surface area contributed by atoms with Crippen LogP contribution in [0.25, 0.3) is 22.6 Å². The third kappa shape index (κ3) is 1.97. The Morgan fingerprint density at radius 2 is 2.16 bits per heavy atom. The number of carboxylic acids is 1. The number of hydrogen-bond acceptors (Lipinski definition) is 4. The molecule has 3 heterocycles. The number of fused-ring (bicyclic) bond motifs is 1. The molecule has 0 saturated heterocycles. The molecule has 0 aliphatic carbocycles. The first-order valence-electron chi connectivity index (χ1n) is 5.41. The van der Waals surface area contributed by atoms with Crippen molar-refractivity contribution in [2.75, 3.05) is 0 Å². The second kappa shape index (κ2) is 4.05. The lowest BCUT2D eigenvalue weighted by molar-refractivity contribution is 0.0696. The highest BCUT2D eigenvalue weighted by Crippen LogP contribution is 2.18.